The first-order valence-corrected chi connectivity index (χ1v) is 5.84. The second-order valence-electron chi connectivity index (χ2n) is 4.31. The Kier molecular flexibility index (Phi) is 3.61. The van der Waals surface area contributed by atoms with Crippen molar-refractivity contribution in [3.8, 4) is 0 Å². The van der Waals surface area contributed by atoms with Crippen molar-refractivity contribution >= 4 is 11.9 Å². The summed E-state index contributed by atoms with van der Waals surface area (Å²) in [4.78, 5) is 21.5. The normalized spacial score (nSPS) is 19.0. The van der Waals surface area contributed by atoms with Gasteiger partial charge in [-0.05, 0) is 25.3 Å². The molecule has 7 nitrogen and oxygen atoms in total. The second-order valence-corrected chi connectivity index (χ2v) is 4.31. The molecular formula is C11H15N3O4. The van der Waals surface area contributed by atoms with Crippen molar-refractivity contribution in [3.63, 3.8) is 0 Å². The maximum absolute atomic E-state index is 10.9. The number of aliphatic carboxylic acids is 1. The van der Waals surface area contributed by atoms with E-state index in [1.807, 2.05) is 0 Å². The number of carbonyl (C=O) groups is 2. The predicted molar refractivity (Wildman–Crippen MR) is 61.4 cm³/mol. The number of nitrogens with one attached hydrogen (secondary N) is 1. The summed E-state index contributed by atoms with van der Waals surface area (Å²) in [5.41, 5.74) is 0.764. The van der Waals surface area contributed by atoms with Crippen molar-refractivity contribution in [1.82, 2.24) is 15.1 Å². The molecule has 1 atom stereocenters. The molecule has 0 saturated heterocycles. The average molecular weight is 253 g/mol. The summed E-state index contributed by atoms with van der Waals surface area (Å²) in [6, 6.07) is 1.37. The summed E-state index contributed by atoms with van der Waals surface area (Å²) in [5, 5.41) is 24.5. The van der Waals surface area contributed by atoms with Crippen molar-refractivity contribution in [1.29, 1.82) is 0 Å². The van der Waals surface area contributed by atoms with E-state index in [0.717, 1.165) is 25.0 Å². The molecule has 1 aliphatic rings. The van der Waals surface area contributed by atoms with Gasteiger partial charge in [0.15, 0.2) is 5.69 Å². The van der Waals surface area contributed by atoms with Gasteiger partial charge in [-0.25, -0.2) is 4.79 Å². The highest BCUT2D eigenvalue weighted by atomic mass is 16.4. The van der Waals surface area contributed by atoms with E-state index in [4.69, 9.17) is 10.2 Å². The van der Waals surface area contributed by atoms with Crippen LogP contribution in [-0.2, 0) is 11.3 Å². The smallest absolute Gasteiger partial charge is 0.356 e. The number of rotatable bonds is 4. The zero-order valence-electron chi connectivity index (χ0n) is 9.80. The number of hydrogen-bond donors (Lipinski definition) is 3. The van der Waals surface area contributed by atoms with Gasteiger partial charge in [-0.3, -0.25) is 14.8 Å². The Morgan fingerprint density at radius 1 is 1.44 bits per heavy atom. The van der Waals surface area contributed by atoms with Crippen LogP contribution in [0.5, 0.6) is 0 Å². The van der Waals surface area contributed by atoms with Crippen LogP contribution in [0.15, 0.2) is 6.07 Å². The number of hydrogen-bond acceptors (Lipinski definition) is 4. The fraction of sp³-hybridized carbons (Fsp3) is 0.545. The topological polar surface area (TPSA) is 104 Å². The van der Waals surface area contributed by atoms with Crippen LogP contribution in [0.2, 0.25) is 0 Å². The molecule has 2 rings (SSSR count). The van der Waals surface area contributed by atoms with Crippen molar-refractivity contribution in [2.75, 3.05) is 6.54 Å². The van der Waals surface area contributed by atoms with Gasteiger partial charge in [0, 0.05) is 12.6 Å². The monoisotopic (exact) mass is 253 g/mol. The van der Waals surface area contributed by atoms with E-state index < -0.39 is 11.9 Å². The van der Waals surface area contributed by atoms with E-state index in [1.165, 1.54) is 6.07 Å². The zero-order valence-corrected chi connectivity index (χ0v) is 9.80. The molecule has 1 unspecified atom stereocenters. The lowest BCUT2D eigenvalue weighted by molar-refractivity contribution is -0.136. The highest BCUT2D eigenvalue weighted by molar-refractivity contribution is 5.85. The molecule has 0 bridgehead atoms. The van der Waals surface area contributed by atoms with Crippen LogP contribution in [-0.4, -0.2) is 38.5 Å². The molecule has 1 aromatic heterocycles. The second kappa shape index (κ2) is 5.18. The molecule has 18 heavy (non-hydrogen) atoms. The van der Waals surface area contributed by atoms with Crippen LogP contribution in [0.1, 0.15) is 41.5 Å². The molecule has 0 saturated carbocycles. The van der Waals surface area contributed by atoms with Gasteiger partial charge in [-0.15, -0.1) is 0 Å². The van der Waals surface area contributed by atoms with E-state index >= 15 is 0 Å². The highest BCUT2D eigenvalue weighted by Gasteiger charge is 2.23. The first-order chi connectivity index (χ1) is 8.58. The Morgan fingerprint density at radius 2 is 2.22 bits per heavy atom. The Morgan fingerprint density at radius 3 is 2.89 bits per heavy atom. The summed E-state index contributed by atoms with van der Waals surface area (Å²) in [6.07, 6.45) is 2.67. The number of nitrogens with zero attached hydrogens (tertiary/aromatic N) is 2. The molecule has 7 heteroatoms. The van der Waals surface area contributed by atoms with Gasteiger partial charge in [0.1, 0.15) is 0 Å². The number of aromatic nitrogens is 2. The SMILES string of the molecule is O=C(O)CNC1CCCCn2nc(C(=O)O)cc21. The predicted octanol–water partition coefficient (Wildman–Crippen LogP) is 0.480. The van der Waals surface area contributed by atoms with Crippen LogP contribution in [0, 0.1) is 0 Å². The molecule has 0 amide bonds. The third-order valence-electron chi connectivity index (χ3n) is 3.00. The fourth-order valence-electron chi connectivity index (χ4n) is 2.17. The number of carboxylic acids is 2. The van der Waals surface area contributed by atoms with E-state index in [9.17, 15) is 9.59 Å². The largest absolute Gasteiger partial charge is 0.480 e. The Bertz CT molecular complexity index is 469. The first-order valence-electron chi connectivity index (χ1n) is 5.84. The molecule has 3 N–H and O–H groups in total. The first kappa shape index (κ1) is 12.6. The third kappa shape index (κ3) is 2.67. The number of carboxylic acid groups (broad SMARTS) is 2. The minimum atomic E-state index is -1.06. The molecule has 0 spiro atoms. The summed E-state index contributed by atoms with van der Waals surface area (Å²) < 4.78 is 1.66. The van der Waals surface area contributed by atoms with Crippen LogP contribution < -0.4 is 5.32 Å². The minimum absolute atomic E-state index is 0.00836. The lowest BCUT2D eigenvalue weighted by Gasteiger charge is -2.15. The quantitative estimate of drug-likeness (QED) is 0.721. The lowest BCUT2D eigenvalue weighted by Crippen LogP contribution is -2.28. The fourth-order valence-corrected chi connectivity index (χ4v) is 2.17. The molecule has 0 radical (unpaired) electrons. The van der Waals surface area contributed by atoms with E-state index in [2.05, 4.69) is 10.4 Å². The standard InChI is InChI=1S/C11H15N3O4/c15-10(16)6-12-7-3-1-2-4-14-9(7)5-8(13-14)11(17)18/h5,7,12H,1-4,6H2,(H,15,16)(H,17,18). The van der Waals surface area contributed by atoms with Crippen molar-refractivity contribution in [2.45, 2.75) is 31.8 Å². The Hall–Kier alpha value is -1.89. The maximum Gasteiger partial charge on any atom is 0.356 e. The minimum Gasteiger partial charge on any atom is -0.480 e. The van der Waals surface area contributed by atoms with E-state index in [-0.39, 0.29) is 18.3 Å². The number of aromatic carboxylic acids is 1. The Labute approximate surface area is 103 Å². The molecule has 2 heterocycles. The van der Waals surface area contributed by atoms with Gasteiger partial charge in [-0.2, -0.15) is 5.10 Å². The van der Waals surface area contributed by atoms with Crippen molar-refractivity contribution in [2.24, 2.45) is 0 Å². The average Bonchev–Trinajstić information content (AvgIpc) is 2.64. The van der Waals surface area contributed by atoms with Gasteiger partial charge in [0.05, 0.1) is 12.2 Å². The molecule has 0 aliphatic carbocycles. The van der Waals surface area contributed by atoms with Gasteiger partial charge in [0.2, 0.25) is 0 Å². The van der Waals surface area contributed by atoms with Gasteiger partial charge < -0.3 is 10.2 Å². The number of aryl methyl sites for hydroxylation is 1. The van der Waals surface area contributed by atoms with E-state index in [1.54, 1.807) is 4.68 Å². The summed E-state index contributed by atoms with van der Waals surface area (Å²) in [6.45, 7) is 0.534. The van der Waals surface area contributed by atoms with Gasteiger partial charge >= 0.3 is 11.9 Å². The Balaban J connectivity index is 2.22. The molecule has 0 fully saturated rings. The van der Waals surface area contributed by atoms with E-state index in [0.29, 0.717) is 6.54 Å². The third-order valence-corrected chi connectivity index (χ3v) is 3.00. The van der Waals surface area contributed by atoms with Crippen LogP contribution in [0.3, 0.4) is 0 Å². The summed E-state index contributed by atoms with van der Waals surface area (Å²) in [7, 11) is 0. The maximum atomic E-state index is 10.9. The van der Waals surface area contributed by atoms with Crippen molar-refractivity contribution < 1.29 is 19.8 Å². The molecule has 1 aliphatic heterocycles. The lowest BCUT2D eigenvalue weighted by atomic mass is 10.1. The van der Waals surface area contributed by atoms with Gasteiger partial charge in [0.25, 0.3) is 0 Å². The summed E-state index contributed by atoms with van der Waals surface area (Å²) in [5.74, 6) is -1.99. The van der Waals surface area contributed by atoms with Crippen LogP contribution >= 0.6 is 0 Å². The van der Waals surface area contributed by atoms with Gasteiger partial charge in [-0.1, -0.05) is 0 Å². The summed E-state index contributed by atoms with van der Waals surface area (Å²) >= 11 is 0. The molecule has 1 aromatic rings. The zero-order chi connectivity index (χ0) is 13.1. The molecular weight excluding hydrogens is 238 g/mol. The highest BCUT2D eigenvalue weighted by Crippen LogP contribution is 2.24. The van der Waals surface area contributed by atoms with Crippen LogP contribution in [0.25, 0.3) is 0 Å². The molecule has 98 valence electrons. The molecule has 0 aromatic carbocycles. The number of fused-ring (bicyclic) bond motifs is 1. The van der Waals surface area contributed by atoms with Crippen LogP contribution in [0.4, 0.5) is 0 Å². The van der Waals surface area contributed by atoms with Crippen molar-refractivity contribution in [3.05, 3.63) is 17.5 Å².